The van der Waals surface area contributed by atoms with Gasteiger partial charge >= 0.3 is 0 Å². The van der Waals surface area contributed by atoms with Gasteiger partial charge in [-0.15, -0.1) is 0 Å². The largest absolute Gasteiger partial charge is 0.259 e. The predicted octanol–water partition coefficient (Wildman–Crippen LogP) is 2.69. The SMILES string of the molecule is CC1(C)C(C)(C)C1(F)F. The molecule has 0 radical (unpaired) electrons. The Bertz CT molecular complexity index is 104. The molecular formula is C7H12F2. The van der Waals surface area contributed by atoms with Gasteiger partial charge in [-0.2, -0.15) is 0 Å². The molecule has 0 spiro atoms. The summed E-state index contributed by atoms with van der Waals surface area (Å²) in [5.74, 6) is -2.46. The summed E-state index contributed by atoms with van der Waals surface area (Å²) in [5, 5.41) is 0. The van der Waals surface area contributed by atoms with Crippen LogP contribution in [-0.2, 0) is 0 Å². The van der Waals surface area contributed by atoms with Gasteiger partial charge in [-0.05, 0) is 0 Å². The number of halogens is 2. The van der Waals surface area contributed by atoms with E-state index in [1.54, 1.807) is 27.7 Å². The zero-order chi connectivity index (χ0) is 7.50. The fourth-order valence-electron chi connectivity index (χ4n) is 1.18. The molecule has 2 heteroatoms. The van der Waals surface area contributed by atoms with Gasteiger partial charge in [0, 0.05) is 10.8 Å². The molecule has 0 aromatic heterocycles. The summed E-state index contributed by atoms with van der Waals surface area (Å²) in [6.45, 7) is 6.42. The minimum absolute atomic E-state index is 0.792. The van der Waals surface area contributed by atoms with E-state index >= 15 is 0 Å². The zero-order valence-electron chi connectivity index (χ0n) is 6.26. The van der Waals surface area contributed by atoms with Crippen LogP contribution in [0.5, 0.6) is 0 Å². The second-order valence-electron chi connectivity index (χ2n) is 3.82. The molecule has 0 saturated heterocycles. The number of hydrogen-bond donors (Lipinski definition) is 0. The molecule has 54 valence electrons. The van der Waals surface area contributed by atoms with E-state index < -0.39 is 16.8 Å². The third-order valence-electron chi connectivity index (χ3n) is 3.07. The van der Waals surface area contributed by atoms with Crippen LogP contribution in [0, 0.1) is 10.8 Å². The summed E-state index contributed by atoms with van der Waals surface area (Å²) in [4.78, 5) is 0. The maximum absolute atomic E-state index is 12.7. The van der Waals surface area contributed by atoms with Crippen LogP contribution >= 0.6 is 0 Å². The van der Waals surface area contributed by atoms with Crippen molar-refractivity contribution in [3.63, 3.8) is 0 Å². The summed E-state index contributed by atoms with van der Waals surface area (Å²) in [6.07, 6.45) is 0. The monoisotopic (exact) mass is 134 g/mol. The first-order chi connectivity index (χ1) is 3.75. The van der Waals surface area contributed by atoms with Crippen molar-refractivity contribution in [1.29, 1.82) is 0 Å². The van der Waals surface area contributed by atoms with Crippen molar-refractivity contribution < 1.29 is 8.78 Å². The molecule has 0 nitrogen and oxygen atoms in total. The highest BCUT2D eigenvalue weighted by Gasteiger charge is 2.81. The lowest BCUT2D eigenvalue weighted by Crippen LogP contribution is -2.00. The molecule has 0 atom stereocenters. The summed E-state index contributed by atoms with van der Waals surface area (Å²) in [7, 11) is 0. The Morgan fingerprint density at radius 3 is 0.889 bits per heavy atom. The molecule has 1 fully saturated rings. The maximum Gasteiger partial charge on any atom is 0.259 e. The number of alkyl halides is 2. The van der Waals surface area contributed by atoms with Gasteiger partial charge in [0.1, 0.15) is 0 Å². The van der Waals surface area contributed by atoms with E-state index in [0.29, 0.717) is 0 Å². The fraction of sp³-hybridized carbons (Fsp3) is 1.00. The van der Waals surface area contributed by atoms with Crippen molar-refractivity contribution in [1.82, 2.24) is 0 Å². The topological polar surface area (TPSA) is 0 Å². The van der Waals surface area contributed by atoms with E-state index in [2.05, 4.69) is 0 Å². The van der Waals surface area contributed by atoms with Crippen LogP contribution in [0.1, 0.15) is 27.7 Å². The molecule has 1 aliphatic carbocycles. The predicted molar refractivity (Wildman–Crippen MR) is 32.5 cm³/mol. The van der Waals surface area contributed by atoms with Crippen LogP contribution in [0.2, 0.25) is 0 Å². The molecule has 1 aliphatic rings. The summed E-state index contributed by atoms with van der Waals surface area (Å²) in [5.41, 5.74) is -1.58. The standard InChI is InChI=1S/C7H12F2/c1-5(2)6(3,4)7(5,8)9/h1-4H3. The van der Waals surface area contributed by atoms with Gasteiger partial charge in [0.2, 0.25) is 0 Å². The molecule has 1 rings (SSSR count). The van der Waals surface area contributed by atoms with Crippen LogP contribution in [0.4, 0.5) is 8.78 Å². The van der Waals surface area contributed by atoms with E-state index in [9.17, 15) is 8.78 Å². The van der Waals surface area contributed by atoms with Crippen LogP contribution in [0.3, 0.4) is 0 Å². The minimum atomic E-state index is -2.46. The second kappa shape index (κ2) is 1.16. The van der Waals surface area contributed by atoms with Crippen LogP contribution < -0.4 is 0 Å². The number of hydrogen-bond acceptors (Lipinski definition) is 0. The van der Waals surface area contributed by atoms with Gasteiger partial charge in [0.25, 0.3) is 5.92 Å². The van der Waals surface area contributed by atoms with Crippen LogP contribution in [0.25, 0.3) is 0 Å². The highest BCUT2D eigenvalue weighted by atomic mass is 19.3. The van der Waals surface area contributed by atoms with Gasteiger partial charge in [-0.25, -0.2) is 8.78 Å². The summed E-state index contributed by atoms with van der Waals surface area (Å²) in [6, 6.07) is 0. The Labute approximate surface area is 54.3 Å². The smallest absolute Gasteiger partial charge is 0.206 e. The third-order valence-corrected chi connectivity index (χ3v) is 3.07. The lowest BCUT2D eigenvalue weighted by atomic mass is 10.0. The fourth-order valence-corrected chi connectivity index (χ4v) is 1.18. The van der Waals surface area contributed by atoms with Gasteiger partial charge in [0.15, 0.2) is 0 Å². The highest BCUT2D eigenvalue weighted by Crippen LogP contribution is 2.74. The molecule has 0 aromatic rings. The maximum atomic E-state index is 12.7. The normalized spacial score (nSPS) is 34.0. The molecule has 0 aromatic carbocycles. The average Bonchev–Trinajstić information content (AvgIpc) is 1.84. The van der Waals surface area contributed by atoms with E-state index in [0.717, 1.165) is 0 Å². The second-order valence-corrected chi connectivity index (χ2v) is 3.82. The van der Waals surface area contributed by atoms with Crippen LogP contribution in [0.15, 0.2) is 0 Å². The molecule has 0 heterocycles. The lowest BCUT2D eigenvalue weighted by Gasteiger charge is -1.99. The first-order valence-electron chi connectivity index (χ1n) is 3.13. The highest BCUT2D eigenvalue weighted by molar-refractivity contribution is 5.19. The lowest BCUT2D eigenvalue weighted by molar-refractivity contribution is 0.0547. The molecule has 1 saturated carbocycles. The first kappa shape index (κ1) is 6.97. The Hall–Kier alpha value is -0.140. The van der Waals surface area contributed by atoms with E-state index in [-0.39, 0.29) is 0 Å². The summed E-state index contributed by atoms with van der Waals surface area (Å²) >= 11 is 0. The van der Waals surface area contributed by atoms with E-state index in [4.69, 9.17) is 0 Å². The number of rotatable bonds is 0. The Kier molecular flexibility index (Phi) is 0.898. The molecular weight excluding hydrogens is 122 g/mol. The molecule has 0 bridgehead atoms. The van der Waals surface area contributed by atoms with Gasteiger partial charge in [-0.3, -0.25) is 0 Å². The third kappa shape index (κ3) is 0.437. The Morgan fingerprint density at radius 1 is 0.778 bits per heavy atom. The summed E-state index contributed by atoms with van der Waals surface area (Å²) < 4.78 is 25.4. The molecule has 0 unspecified atom stereocenters. The van der Waals surface area contributed by atoms with Gasteiger partial charge in [-0.1, -0.05) is 27.7 Å². The average molecular weight is 134 g/mol. The van der Waals surface area contributed by atoms with Gasteiger partial charge < -0.3 is 0 Å². The molecule has 9 heavy (non-hydrogen) atoms. The first-order valence-corrected chi connectivity index (χ1v) is 3.13. The van der Waals surface area contributed by atoms with Crippen molar-refractivity contribution >= 4 is 0 Å². The quantitative estimate of drug-likeness (QED) is 0.477. The molecule has 0 aliphatic heterocycles. The molecule has 0 N–H and O–H groups in total. The van der Waals surface area contributed by atoms with Crippen molar-refractivity contribution in [2.75, 3.05) is 0 Å². The minimum Gasteiger partial charge on any atom is -0.206 e. The van der Waals surface area contributed by atoms with Gasteiger partial charge in [0.05, 0.1) is 0 Å². The van der Waals surface area contributed by atoms with E-state index in [1.807, 2.05) is 0 Å². The Balaban J connectivity index is 2.91. The van der Waals surface area contributed by atoms with Crippen molar-refractivity contribution in [2.24, 2.45) is 10.8 Å². The molecule has 0 amide bonds. The van der Waals surface area contributed by atoms with E-state index in [1.165, 1.54) is 0 Å². The van der Waals surface area contributed by atoms with Crippen LogP contribution in [-0.4, -0.2) is 5.92 Å². The van der Waals surface area contributed by atoms with Crippen molar-refractivity contribution in [2.45, 2.75) is 33.6 Å². The van der Waals surface area contributed by atoms with Crippen molar-refractivity contribution in [3.05, 3.63) is 0 Å². The Morgan fingerprint density at radius 2 is 0.889 bits per heavy atom. The van der Waals surface area contributed by atoms with Crippen molar-refractivity contribution in [3.8, 4) is 0 Å². The zero-order valence-corrected chi connectivity index (χ0v) is 6.26.